The molecular formula is C14H22F3N3O4. The highest BCUT2D eigenvalue weighted by Crippen LogP contribution is 2.29. The van der Waals surface area contributed by atoms with E-state index in [4.69, 9.17) is 5.73 Å². The molecule has 0 spiro atoms. The summed E-state index contributed by atoms with van der Waals surface area (Å²) in [5.74, 6) is -2.37. The fourth-order valence-electron chi connectivity index (χ4n) is 2.47. The van der Waals surface area contributed by atoms with E-state index in [1.807, 2.05) is 0 Å². The molecule has 3 N–H and O–H groups in total. The number of carbonyl (C=O) groups excluding carboxylic acids is 3. The van der Waals surface area contributed by atoms with Gasteiger partial charge in [0.05, 0.1) is 6.61 Å². The number of hydrogen-bond donors (Lipinski definition) is 2. The Morgan fingerprint density at radius 3 is 2.33 bits per heavy atom. The number of halogens is 3. The van der Waals surface area contributed by atoms with Crippen molar-refractivity contribution in [1.29, 1.82) is 0 Å². The molecule has 0 bridgehead atoms. The van der Waals surface area contributed by atoms with E-state index in [-0.39, 0.29) is 18.9 Å². The van der Waals surface area contributed by atoms with Crippen molar-refractivity contribution in [3.05, 3.63) is 0 Å². The number of alkyl carbamates (subject to hydrolysis) is 1. The molecule has 0 aromatic rings. The Bertz CT molecular complexity index is 496. The van der Waals surface area contributed by atoms with Crippen molar-refractivity contribution >= 4 is 17.9 Å². The Hall–Kier alpha value is -2.00. The average Bonchev–Trinajstić information content (AvgIpc) is 2.82. The molecule has 3 atom stereocenters. The van der Waals surface area contributed by atoms with Gasteiger partial charge in [-0.1, -0.05) is 13.8 Å². The largest absolute Gasteiger partial charge is 0.449 e. The van der Waals surface area contributed by atoms with E-state index < -0.39 is 42.2 Å². The van der Waals surface area contributed by atoms with Crippen LogP contribution in [0.25, 0.3) is 0 Å². The number of carbonyl (C=O) groups is 3. The number of hydrogen-bond acceptors (Lipinski definition) is 4. The van der Waals surface area contributed by atoms with E-state index in [1.54, 1.807) is 13.8 Å². The van der Waals surface area contributed by atoms with Gasteiger partial charge in [0.1, 0.15) is 6.04 Å². The lowest BCUT2D eigenvalue weighted by atomic mass is 10.2. The standard InChI is InChI=1S/C14H22F3N3O4/c1-7(2)6-24-13(23)19-10(14(15,16)17)12(22)20-8(3)4-5-9(20)11(18)21/h7-10H,4-6H2,1-3H3,(H2,18,21)(H,19,23)/t8-,9-,10?/m0/s1. The van der Waals surface area contributed by atoms with Gasteiger partial charge in [0, 0.05) is 6.04 Å². The van der Waals surface area contributed by atoms with Gasteiger partial charge in [-0.3, -0.25) is 9.59 Å². The van der Waals surface area contributed by atoms with Crippen molar-refractivity contribution in [1.82, 2.24) is 10.2 Å². The first kappa shape index (κ1) is 20.0. The first-order valence-corrected chi connectivity index (χ1v) is 7.56. The van der Waals surface area contributed by atoms with Crippen molar-refractivity contribution in [2.75, 3.05) is 6.61 Å². The molecule has 7 nitrogen and oxygen atoms in total. The van der Waals surface area contributed by atoms with E-state index in [0.717, 1.165) is 4.90 Å². The lowest BCUT2D eigenvalue weighted by Gasteiger charge is -2.31. The van der Waals surface area contributed by atoms with Gasteiger partial charge in [-0.05, 0) is 25.7 Å². The quantitative estimate of drug-likeness (QED) is 0.774. The highest BCUT2D eigenvalue weighted by atomic mass is 19.4. The van der Waals surface area contributed by atoms with Gasteiger partial charge < -0.3 is 20.7 Å². The van der Waals surface area contributed by atoms with Crippen LogP contribution in [0, 0.1) is 5.92 Å². The Kier molecular flexibility index (Phi) is 6.44. The molecule has 1 aliphatic rings. The van der Waals surface area contributed by atoms with Crippen molar-refractivity contribution in [2.45, 2.75) is 57.9 Å². The molecule has 1 heterocycles. The summed E-state index contributed by atoms with van der Waals surface area (Å²) in [5.41, 5.74) is 5.15. The first-order valence-electron chi connectivity index (χ1n) is 7.56. The van der Waals surface area contributed by atoms with Crippen LogP contribution in [0.3, 0.4) is 0 Å². The summed E-state index contributed by atoms with van der Waals surface area (Å²) in [5, 5.41) is 1.54. The number of likely N-dealkylation sites (tertiary alicyclic amines) is 1. The van der Waals surface area contributed by atoms with E-state index in [9.17, 15) is 27.6 Å². The van der Waals surface area contributed by atoms with Crippen LogP contribution >= 0.6 is 0 Å². The highest BCUT2D eigenvalue weighted by molar-refractivity contribution is 5.92. The molecule has 0 aromatic carbocycles. The zero-order valence-corrected chi connectivity index (χ0v) is 13.7. The number of nitrogens with one attached hydrogen (secondary N) is 1. The van der Waals surface area contributed by atoms with Gasteiger partial charge in [-0.2, -0.15) is 13.2 Å². The SMILES string of the molecule is CC(C)COC(=O)NC(C(=O)N1[C@@H](C)CC[C@H]1C(N)=O)C(F)(F)F. The first-order chi connectivity index (χ1) is 10.9. The lowest BCUT2D eigenvalue weighted by molar-refractivity contribution is -0.176. The Balaban J connectivity index is 2.93. The molecule has 0 aliphatic carbocycles. The third kappa shape index (κ3) is 5.00. The Labute approximate surface area is 137 Å². The van der Waals surface area contributed by atoms with Gasteiger partial charge >= 0.3 is 12.3 Å². The summed E-state index contributed by atoms with van der Waals surface area (Å²) in [6.07, 6.45) is -5.84. The second-order valence-electron chi connectivity index (χ2n) is 6.20. The minimum atomic E-state index is -5.03. The third-order valence-electron chi connectivity index (χ3n) is 3.64. The zero-order valence-electron chi connectivity index (χ0n) is 13.7. The van der Waals surface area contributed by atoms with E-state index >= 15 is 0 Å². The van der Waals surface area contributed by atoms with E-state index in [2.05, 4.69) is 4.74 Å². The highest BCUT2D eigenvalue weighted by Gasteiger charge is 2.51. The molecule has 138 valence electrons. The van der Waals surface area contributed by atoms with E-state index in [0.29, 0.717) is 6.42 Å². The predicted octanol–water partition coefficient (Wildman–Crippen LogP) is 1.16. The smallest absolute Gasteiger partial charge is 0.417 e. The van der Waals surface area contributed by atoms with Crippen molar-refractivity contribution in [2.24, 2.45) is 11.7 Å². The van der Waals surface area contributed by atoms with Gasteiger partial charge in [-0.25, -0.2) is 4.79 Å². The van der Waals surface area contributed by atoms with Crippen LogP contribution in [-0.2, 0) is 14.3 Å². The number of nitrogens with two attached hydrogens (primary N) is 1. The average molecular weight is 353 g/mol. The van der Waals surface area contributed by atoms with Crippen LogP contribution in [0.4, 0.5) is 18.0 Å². The van der Waals surface area contributed by atoms with Crippen LogP contribution in [0.15, 0.2) is 0 Å². The molecule has 1 aliphatic heterocycles. The second-order valence-corrected chi connectivity index (χ2v) is 6.20. The van der Waals surface area contributed by atoms with Crippen molar-refractivity contribution in [3.8, 4) is 0 Å². The molecule has 10 heteroatoms. The molecule has 1 unspecified atom stereocenters. The zero-order chi connectivity index (χ0) is 18.7. The van der Waals surface area contributed by atoms with Crippen LogP contribution in [0.5, 0.6) is 0 Å². The van der Waals surface area contributed by atoms with E-state index in [1.165, 1.54) is 12.2 Å². The van der Waals surface area contributed by atoms with Crippen LogP contribution < -0.4 is 11.1 Å². The minimum Gasteiger partial charge on any atom is -0.449 e. The lowest BCUT2D eigenvalue weighted by Crippen LogP contribution is -2.59. The van der Waals surface area contributed by atoms with Gasteiger partial charge in [0.15, 0.2) is 0 Å². The fraction of sp³-hybridized carbons (Fsp3) is 0.786. The minimum absolute atomic E-state index is 0.0753. The maximum absolute atomic E-state index is 13.2. The number of ether oxygens (including phenoxy) is 1. The number of amides is 3. The molecule has 24 heavy (non-hydrogen) atoms. The number of nitrogens with zero attached hydrogens (tertiary/aromatic N) is 1. The monoisotopic (exact) mass is 353 g/mol. The molecule has 1 rings (SSSR count). The summed E-state index contributed by atoms with van der Waals surface area (Å²) < 4.78 is 44.2. The topological polar surface area (TPSA) is 102 Å². The number of alkyl halides is 3. The predicted molar refractivity (Wildman–Crippen MR) is 77.7 cm³/mol. The Morgan fingerprint density at radius 1 is 1.29 bits per heavy atom. The molecule has 1 saturated heterocycles. The summed E-state index contributed by atoms with van der Waals surface area (Å²) >= 11 is 0. The maximum atomic E-state index is 13.2. The molecular weight excluding hydrogens is 331 g/mol. The summed E-state index contributed by atoms with van der Waals surface area (Å²) in [7, 11) is 0. The molecule has 1 fully saturated rings. The molecule has 0 saturated carbocycles. The molecule has 0 radical (unpaired) electrons. The second kappa shape index (κ2) is 7.71. The van der Waals surface area contributed by atoms with Crippen molar-refractivity contribution in [3.63, 3.8) is 0 Å². The third-order valence-corrected chi connectivity index (χ3v) is 3.64. The van der Waals surface area contributed by atoms with Crippen LogP contribution in [0.1, 0.15) is 33.6 Å². The van der Waals surface area contributed by atoms with Gasteiger partial charge in [-0.15, -0.1) is 0 Å². The fourth-order valence-corrected chi connectivity index (χ4v) is 2.47. The summed E-state index contributed by atoms with van der Waals surface area (Å²) in [6, 6.07) is -4.50. The molecule has 0 aromatic heterocycles. The Morgan fingerprint density at radius 2 is 1.88 bits per heavy atom. The number of primary amides is 1. The normalized spacial score (nSPS) is 22.4. The van der Waals surface area contributed by atoms with Gasteiger partial charge in [0.2, 0.25) is 11.9 Å². The number of rotatable bonds is 5. The van der Waals surface area contributed by atoms with Gasteiger partial charge in [0.25, 0.3) is 5.91 Å². The maximum Gasteiger partial charge on any atom is 0.417 e. The van der Waals surface area contributed by atoms with Crippen molar-refractivity contribution < 1.29 is 32.3 Å². The summed E-state index contributed by atoms with van der Waals surface area (Å²) in [4.78, 5) is 36.0. The van der Waals surface area contributed by atoms with Crippen LogP contribution in [-0.4, -0.2) is 53.7 Å². The molecule has 3 amide bonds. The van der Waals surface area contributed by atoms with Crippen LogP contribution in [0.2, 0.25) is 0 Å². The summed E-state index contributed by atoms with van der Waals surface area (Å²) in [6.45, 7) is 4.85.